The lowest BCUT2D eigenvalue weighted by Gasteiger charge is -2.36. The lowest BCUT2D eigenvalue weighted by atomic mass is 9.85. The first kappa shape index (κ1) is 56.4. The van der Waals surface area contributed by atoms with Gasteiger partial charge in [0.15, 0.2) is 11.5 Å². The summed E-state index contributed by atoms with van der Waals surface area (Å²) in [4.78, 5) is 80.0. The SMILES string of the molecule is C=CCn1c(=O)c2cnc(Nc3ccc(N4CCN(CCCCCCCCCC(=O)N[C@H](C(=O)N5C[C@H](O)C[C@H]5C(=O)NCc5ccc(-c6scnc6C)cc5)C(C)(C)C)CC4)cc3)nc2n1-c1cccc(C(C)(C)O)n1. The van der Waals surface area contributed by atoms with Crippen LogP contribution in [0.5, 0.6) is 0 Å². The molecular weight excluding hydrogens is 993 g/mol. The first-order valence-corrected chi connectivity index (χ1v) is 27.9. The van der Waals surface area contributed by atoms with Crippen molar-refractivity contribution in [3.8, 4) is 16.3 Å². The molecular formula is C58H76N12O6S. The fourth-order valence-corrected chi connectivity index (χ4v) is 10.9. The zero-order valence-corrected chi connectivity index (χ0v) is 46.3. The van der Waals surface area contributed by atoms with Gasteiger partial charge in [-0.3, -0.25) is 24.1 Å². The number of allylic oxidation sites excluding steroid dienone is 1. The number of aryl methyl sites for hydroxylation is 1. The van der Waals surface area contributed by atoms with Crippen LogP contribution in [0.25, 0.3) is 27.3 Å². The number of hydrogen-bond acceptors (Lipinski definition) is 14. The molecule has 0 aliphatic carbocycles. The number of nitrogens with zero attached hydrogens (tertiary/aromatic N) is 9. The number of β-amino-alcohol motifs (C(OH)–C–C–N with tert-alkyl or cyclic N) is 1. The Hall–Kier alpha value is -6.80. The lowest BCUT2D eigenvalue weighted by Crippen LogP contribution is -2.57. The third-order valence-electron chi connectivity index (χ3n) is 14.5. The van der Waals surface area contributed by atoms with Gasteiger partial charge in [0.2, 0.25) is 23.7 Å². The average Bonchev–Trinajstić information content (AvgIpc) is 4.10. The molecule has 2 aliphatic rings. The Labute approximate surface area is 455 Å². The van der Waals surface area contributed by atoms with E-state index in [1.165, 1.54) is 15.8 Å². The van der Waals surface area contributed by atoms with Gasteiger partial charge >= 0.3 is 0 Å². The number of aromatic nitrogens is 6. The van der Waals surface area contributed by atoms with E-state index in [-0.39, 0.29) is 49.3 Å². The molecule has 0 bridgehead atoms. The van der Waals surface area contributed by atoms with E-state index >= 15 is 0 Å². The van der Waals surface area contributed by atoms with Crippen molar-refractivity contribution in [2.45, 2.75) is 136 Å². The summed E-state index contributed by atoms with van der Waals surface area (Å²) >= 11 is 1.59. The van der Waals surface area contributed by atoms with E-state index in [0.29, 0.717) is 34.9 Å². The maximum absolute atomic E-state index is 14.1. The van der Waals surface area contributed by atoms with E-state index in [9.17, 15) is 29.4 Å². The summed E-state index contributed by atoms with van der Waals surface area (Å²) in [6, 6.07) is 19.8. The fourth-order valence-electron chi connectivity index (χ4n) is 10.1. The summed E-state index contributed by atoms with van der Waals surface area (Å²) < 4.78 is 3.15. The van der Waals surface area contributed by atoms with Crippen LogP contribution >= 0.6 is 11.3 Å². The van der Waals surface area contributed by atoms with Crippen LogP contribution in [0.3, 0.4) is 0 Å². The summed E-state index contributed by atoms with van der Waals surface area (Å²) in [5.74, 6) is -0.0794. The molecule has 19 heteroatoms. The van der Waals surface area contributed by atoms with Crippen LogP contribution in [0.15, 0.2) is 95.9 Å². The highest BCUT2D eigenvalue weighted by molar-refractivity contribution is 7.13. The van der Waals surface area contributed by atoms with Crippen molar-refractivity contribution in [2.75, 3.05) is 49.5 Å². The van der Waals surface area contributed by atoms with Gasteiger partial charge in [-0.15, -0.1) is 17.9 Å². The van der Waals surface area contributed by atoms with Gasteiger partial charge in [-0.25, -0.2) is 24.3 Å². The maximum atomic E-state index is 14.1. The van der Waals surface area contributed by atoms with Gasteiger partial charge in [-0.1, -0.05) is 89.3 Å². The number of anilines is 3. The number of amides is 3. The van der Waals surface area contributed by atoms with Crippen LogP contribution in [0.4, 0.5) is 17.3 Å². The predicted octanol–water partition coefficient (Wildman–Crippen LogP) is 7.62. The molecule has 3 amide bonds. The second-order valence-corrected chi connectivity index (χ2v) is 22.9. The number of rotatable bonds is 23. The molecule has 0 radical (unpaired) electrons. The maximum Gasteiger partial charge on any atom is 0.278 e. The minimum atomic E-state index is -1.18. The third kappa shape index (κ3) is 14.2. The van der Waals surface area contributed by atoms with Crippen LogP contribution in [-0.2, 0) is 33.1 Å². The van der Waals surface area contributed by atoms with E-state index in [1.807, 2.05) is 69.6 Å². The molecule has 5 N–H and O–H groups in total. The number of piperazine rings is 1. The average molecular weight is 1070 g/mol. The highest BCUT2D eigenvalue weighted by Gasteiger charge is 2.44. The van der Waals surface area contributed by atoms with E-state index in [0.717, 1.165) is 111 Å². The Balaban J connectivity index is 0.713. The molecule has 0 spiro atoms. The molecule has 410 valence electrons. The van der Waals surface area contributed by atoms with Crippen LogP contribution in [0.1, 0.15) is 109 Å². The van der Waals surface area contributed by atoms with Gasteiger partial charge in [0, 0.05) is 69.7 Å². The highest BCUT2D eigenvalue weighted by Crippen LogP contribution is 2.30. The largest absolute Gasteiger partial charge is 0.391 e. The number of hydrogen-bond donors (Lipinski definition) is 5. The van der Waals surface area contributed by atoms with E-state index in [1.54, 1.807) is 54.1 Å². The Morgan fingerprint density at radius 2 is 1.58 bits per heavy atom. The Bertz CT molecular complexity index is 3040. The minimum absolute atomic E-state index is 0.0378. The zero-order valence-electron chi connectivity index (χ0n) is 45.5. The van der Waals surface area contributed by atoms with E-state index in [4.69, 9.17) is 4.98 Å². The number of pyridine rings is 1. The molecule has 2 fully saturated rings. The number of aliphatic hydroxyl groups excluding tert-OH is 1. The van der Waals surface area contributed by atoms with Crippen molar-refractivity contribution < 1.29 is 24.6 Å². The number of thiazole rings is 1. The molecule has 3 atom stereocenters. The van der Waals surface area contributed by atoms with Crippen LogP contribution in [-0.4, -0.2) is 124 Å². The molecule has 0 saturated carbocycles. The zero-order chi connectivity index (χ0) is 54.9. The van der Waals surface area contributed by atoms with E-state index < -0.39 is 29.2 Å². The first-order chi connectivity index (χ1) is 36.9. The Morgan fingerprint density at radius 1 is 0.883 bits per heavy atom. The summed E-state index contributed by atoms with van der Waals surface area (Å²) in [7, 11) is 0. The number of nitrogens with one attached hydrogen (secondary N) is 3. The first-order valence-electron chi connectivity index (χ1n) is 27.1. The van der Waals surface area contributed by atoms with Crippen molar-refractivity contribution in [2.24, 2.45) is 5.41 Å². The second-order valence-electron chi connectivity index (χ2n) is 22.0. The van der Waals surface area contributed by atoms with Crippen molar-refractivity contribution >= 4 is 57.4 Å². The number of likely N-dealkylation sites (tertiary alicyclic amines) is 1. The molecule has 18 nitrogen and oxygen atoms in total. The van der Waals surface area contributed by atoms with Crippen molar-refractivity contribution in [3.63, 3.8) is 0 Å². The molecule has 2 saturated heterocycles. The van der Waals surface area contributed by atoms with Gasteiger partial charge in [-0.2, -0.15) is 4.98 Å². The van der Waals surface area contributed by atoms with Crippen molar-refractivity contribution in [1.29, 1.82) is 0 Å². The number of benzene rings is 2. The standard InChI is InChI=1S/C58H76N12O6S/c1-8-28-69-54(74)45-36-60-56(65-52(45)70(69)48-18-16-17-47(63-48)58(6,7)76)62-42-24-26-43(27-25-42)67-32-30-66(31-33-67)29-15-13-11-9-10-12-14-19-49(72)64-51(57(3,4)5)55(75)68-37-44(71)34-46(68)53(73)59-35-40-20-22-41(23-21-40)50-39(2)61-38-77-50/h8,16-18,20-27,36,38,44,46,51,71,76H,1,9-15,19,28-35,37H2,2-7H3,(H,59,73)(H,64,72)(H,60,62,65)/t44-,46+,51-/m1/s1. The summed E-state index contributed by atoms with van der Waals surface area (Å²) in [6.07, 6.45) is 10.1. The monoisotopic (exact) mass is 1070 g/mol. The molecule has 0 unspecified atom stereocenters. The number of unbranched alkanes of at least 4 members (excludes halogenated alkanes) is 6. The van der Waals surface area contributed by atoms with Crippen LogP contribution in [0, 0.1) is 12.3 Å². The Morgan fingerprint density at radius 3 is 2.25 bits per heavy atom. The smallest absolute Gasteiger partial charge is 0.278 e. The normalized spacial score (nSPS) is 16.7. The van der Waals surface area contributed by atoms with Gasteiger partial charge in [0.25, 0.3) is 5.56 Å². The molecule has 6 heterocycles. The van der Waals surface area contributed by atoms with Crippen molar-refractivity contribution in [3.05, 3.63) is 118 Å². The fraction of sp³-hybridized carbons (Fsp3) is 0.483. The number of carbonyl (C=O) groups is 3. The van der Waals surface area contributed by atoms with Crippen LogP contribution in [0.2, 0.25) is 0 Å². The molecule has 2 aliphatic heterocycles. The second kappa shape index (κ2) is 25.1. The van der Waals surface area contributed by atoms with Crippen molar-refractivity contribution in [1.82, 2.24) is 49.7 Å². The Kier molecular flexibility index (Phi) is 18.4. The van der Waals surface area contributed by atoms with Gasteiger partial charge < -0.3 is 36.0 Å². The van der Waals surface area contributed by atoms with Gasteiger partial charge in [0.05, 0.1) is 34.4 Å². The molecule has 77 heavy (non-hydrogen) atoms. The number of carbonyl (C=O) groups excluding carboxylic acids is 3. The molecule has 2 aromatic carbocycles. The quantitative estimate of drug-likeness (QED) is 0.0309. The highest BCUT2D eigenvalue weighted by atomic mass is 32.1. The van der Waals surface area contributed by atoms with Gasteiger partial charge in [0.1, 0.15) is 23.1 Å². The lowest BCUT2D eigenvalue weighted by molar-refractivity contribution is -0.144. The molecule has 4 aromatic heterocycles. The van der Waals surface area contributed by atoms with Gasteiger partial charge in [-0.05, 0) is 93.1 Å². The third-order valence-corrected chi connectivity index (χ3v) is 15.5. The summed E-state index contributed by atoms with van der Waals surface area (Å²) in [5, 5.41) is 30.9. The summed E-state index contributed by atoms with van der Waals surface area (Å²) in [6.45, 7) is 20.4. The summed E-state index contributed by atoms with van der Waals surface area (Å²) in [5.41, 5.74) is 5.55. The van der Waals surface area contributed by atoms with Crippen LogP contribution < -0.4 is 26.4 Å². The minimum Gasteiger partial charge on any atom is -0.391 e. The topological polar surface area (TPSA) is 216 Å². The number of fused-ring (bicyclic) bond motifs is 1. The van der Waals surface area contributed by atoms with E-state index in [2.05, 4.69) is 59.4 Å². The molecule has 6 aromatic rings. The number of aliphatic hydroxyl groups is 2. The molecule has 8 rings (SSSR count). The predicted molar refractivity (Wildman–Crippen MR) is 303 cm³/mol.